The van der Waals surface area contributed by atoms with E-state index in [0.29, 0.717) is 12.2 Å². The van der Waals surface area contributed by atoms with Gasteiger partial charge in [0.2, 0.25) is 0 Å². The zero-order valence-electron chi connectivity index (χ0n) is 8.25. The Balaban J connectivity index is 2.75. The first-order chi connectivity index (χ1) is 7.03. The van der Waals surface area contributed by atoms with E-state index in [1.165, 1.54) is 18.6 Å². The third-order valence-electron chi connectivity index (χ3n) is 1.83. The zero-order chi connectivity index (χ0) is 11.3. The van der Waals surface area contributed by atoms with E-state index in [1.807, 2.05) is 0 Å². The Morgan fingerprint density at radius 1 is 1.40 bits per heavy atom. The molecule has 0 amide bonds. The maximum atomic E-state index is 12.2. The largest absolute Gasteiger partial charge is 0.390 e. The molecule has 6 heteroatoms. The van der Waals surface area contributed by atoms with Crippen LogP contribution in [0, 0.1) is 0 Å². The third-order valence-corrected chi connectivity index (χ3v) is 1.83. The van der Waals surface area contributed by atoms with Crippen LogP contribution in [0.15, 0.2) is 18.6 Å². The monoisotopic (exact) mass is 219 g/mol. The third kappa shape index (κ3) is 4.24. The van der Waals surface area contributed by atoms with Crippen LogP contribution in [-0.2, 0) is 0 Å². The van der Waals surface area contributed by atoms with E-state index in [-0.39, 0.29) is 0 Å². The number of nitrogens with zero attached hydrogens (tertiary/aromatic N) is 2. The predicted octanol–water partition coefficient (Wildman–Crippen LogP) is 2.08. The molecule has 1 rings (SSSR count). The lowest BCUT2D eigenvalue weighted by Gasteiger charge is -2.18. The number of hydrogen-bond acceptors (Lipinski definition) is 3. The van der Waals surface area contributed by atoms with Crippen LogP contribution in [0.3, 0.4) is 0 Å². The average Bonchev–Trinajstić information content (AvgIpc) is 2.17. The van der Waals surface area contributed by atoms with Crippen molar-refractivity contribution in [3.63, 3.8) is 0 Å². The maximum absolute atomic E-state index is 12.2. The molecule has 1 unspecified atom stereocenters. The van der Waals surface area contributed by atoms with Crippen molar-refractivity contribution in [3.8, 4) is 0 Å². The van der Waals surface area contributed by atoms with Crippen LogP contribution >= 0.6 is 0 Å². The lowest BCUT2D eigenvalue weighted by molar-refractivity contribution is -0.140. The number of halogens is 3. The van der Waals surface area contributed by atoms with Crippen LogP contribution in [0.4, 0.5) is 13.2 Å². The molecular formula is C9H12F3N3. The first-order valence-corrected chi connectivity index (χ1v) is 4.59. The Bertz CT molecular complexity index is 286. The van der Waals surface area contributed by atoms with Gasteiger partial charge < -0.3 is 5.32 Å². The molecule has 1 heterocycles. The molecule has 0 fully saturated rings. The smallest absolute Gasteiger partial charge is 0.309 e. The van der Waals surface area contributed by atoms with Crippen LogP contribution in [0.1, 0.15) is 25.1 Å². The molecule has 3 nitrogen and oxygen atoms in total. The van der Waals surface area contributed by atoms with Crippen molar-refractivity contribution in [3.05, 3.63) is 24.3 Å². The summed E-state index contributed by atoms with van der Waals surface area (Å²) in [7, 11) is 0. The van der Waals surface area contributed by atoms with Crippen molar-refractivity contribution in [2.45, 2.75) is 25.6 Å². The van der Waals surface area contributed by atoms with Crippen LogP contribution in [0.2, 0.25) is 0 Å². The Labute approximate surface area is 85.7 Å². The zero-order valence-corrected chi connectivity index (χ0v) is 8.25. The number of rotatable bonds is 4. The highest BCUT2D eigenvalue weighted by Gasteiger charge is 2.32. The van der Waals surface area contributed by atoms with Gasteiger partial charge >= 0.3 is 6.18 Å². The summed E-state index contributed by atoms with van der Waals surface area (Å²) in [6, 6.07) is -0.816. The van der Waals surface area contributed by atoms with E-state index in [4.69, 9.17) is 0 Å². The van der Waals surface area contributed by atoms with Crippen molar-refractivity contribution >= 4 is 0 Å². The van der Waals surface area contributed by atoms with Gasteiger partial charge in [0.15, 0.2) is 0 Å². The van der Waals surface area contributed by atoms with Crippen LogP contribution < -0.4 is 5.32 Å². The summed E-state index contributed by atoms with van der Waals surface area (Å²) in [6.45, 7) is 2.21. The van der Waals surface area contributed by atoms with Gasteiger partial charge in [-0.1, -0.05) is 6.92 Å². The van der Waals surface area contributed by atoms with Gasteiger partial charge in [-0.15, -0.1) is 0 Å². The predicted molar refractivity (Wildman–Crippen MR) is 49.1 cm³/mol. The lowest BCUT2D eigenvalue weighted by Crippen LogP contribution is -2.27. The number of nitrogens with one attached hydrogen (secondary N) is 1. The van der Waals surface area contributed by atoms with Crippen molar-refractivity contribution in [1.29, 1.82) is 0 Å². The van der Waals surface area contributed by atoms with Crippen LogP contribution in [0.25, 0.3) is 0 Å². The fourth-order valence-corrected chi connectivity index (χ4v) is 1.25. The molecule has 0 aromatic carbocycles. The lowest BCUT2D eigenvalue weighted by atomic mass is 10.1. The highest BCUT2D eigenvalue weighted by atomic mass is 19.4. The molecule has 0 radical (unpaired) electrons. The molecule has 0 aliphatic heterocycles. The molecule has 0 aliphatic carbocycles. The van der Waals surface area contributed by atoms with Crippen molar-refractivity contribution in [2.75, 3.05) is 6.54 Å². The van der Waals surface area contributed by atoms with E-state index in [2.05, 4.69) is 15.3 Å². The normalized spacial score (nSPS) is 13.9. The quantitative estimate of drug-likeness (QED) is 0.842. The fraction of sp³-hybridized carbons (Fsp3) is 0.556. The topological polar surface area (TPSA) is 37.8 Å². The Morgan fingerprint density at radius 3 is 2.60 bits per heavy atom. The average molecular weight is 219 g/mol. The minimum atomic E-state index is -4.20. The van der Waals surface area contributed by atoms with Gasteiger partial charge in [-0.2, -0.15) is 13.2 Å². The molecule has 0 saturated heterocycles. The molecular weight excluding hydrogens is 207 g/mol. The molecule has 0 bridgehead atoms. The van der Waals surface area contributed by atoms with Gasteiger partial charge in [-0.25, -0.2) is 0 Å². The molecule has 1 atom stereocenters. The molecule has 1 aromatic heterocycles. The minimum Gasteiger partial charge on any atom is -0.309 e. The van der Waals surface area contributed by atoms with E-state index >= 15 is 0 Å². The van der Waals surface area contributed by atoms with Crippen molar-refractivity contribution in [1.82, 2.24) is 15.3 Å². The summed E-state index contributed by atoms with van der Waals surface area (Å²) in [4.78, 5) is 7.60. The minimum absolute atomic E-state index is 0.316. The van der Waals surface area contributed by atoms with Gasteiger partial charge in [0, 0.05) is 18.6 Å². The summed E-state index contributed by atoms with van der Waals surface area (Å²) >= 11 is 0. The molecule has 0 spiro atoms. The SMILES string of the molecule is CCNC(CC(F)(F)F)c1cnccn1. The number of hydrogen-bond donors (Lipinski definition) is 1. The fourth-order valence-electron chi connectivity index (χ4n) is 1.25. The summed E-state index contributed by atoms with van der Waals surface area (Å²) in [5.41, 5.74) is 0.316. The Hall–Kier alpha value is -1.17. The summed E-state index contributed by atoms with van der Waals surface area (Å²) in [5, 5.41) is 2.73. The summed E-state index contributed by atoms with van der Waals surface area (Å²) in [5.74, 6) is 0. The van der Waals surface area contributed by atoms with E-state index in [0.717, 1.165) is 0 Å². The summed E-state index contributed by atoms with van der Waals surface area (Å²) in [6.07, 6.45) is -0.973. The molecule has 15 heavy (non-hydrogen) atoms. The van der Waals surface area contributed by atoms with E-state index in [1.54, 1.807) is 6.92 Å². The van der Waals surface area contributed by atoms with Crippen molar-refractivity contribution < 1.29 is 13.2 Å². The van der Waals surface area contributed by atoms with Gasteiger partial charge in [-0.3, -0.25) is 9.97 Å². The molecule has 84 valence electrons. The molecule has 0 aliphatic rings. The Kier molecular flexibility index (Phi) is 4.02. The van der Waals surface area contributed by atoms with Crippen LogP contribution in [-0.4, -0.2) is 22.7 Å². The van der Waals surface area contributed by atoms with E-state index in [9.17, 15) is 13.2 Å². The molecule has 1 aromatic rings. The molecule has 0 saturated carbocycles. The van der Waals surface area contributed by atoms with Crippen molar-refractivity contribution in [2.24, 2.45) is 0 Å². The van der Waals surface area contributed by atoms with Crippen LogP contribution in [0.5, 0.6) is 0 Å². The van der Waals surface area contributed by atoms with Gasteiger partial charge in [0.05, 0.1) is 18.2 Å². The second kappa shape index (κ2) is 5.06. The van der Waals surface area contributed by atoms with Gasteiger partial charge in [-0.05, 0) is 6.54 Å². The number of alkyl halides is 3. The van der Waals surface area contributed by atoms with Gasteiger partial charge in [0.25, 0.3) is 0 Å². The Morgan fingerprint density at radius 2 is 2.13 bits per heavy atom. The first kappa shape index (κ1) is 11.9. The standard InChI is InChI=1S/C9H12F3N3/c1-2-14-7(5-9(10,11)12)8-6-13-3-4-15-8/h3-4,6-7,14H,2,5H2,1H3. The number of aromatic nitrogens is 2. The van der Waals surface area contributed by atoms with E-state index < -0.39 is 18.6 Å². The molecule has 1 N–H and O–H groups in total. The second-order valence-corrected chi connectivity index (χ2v) is 3.06. The highest BCUT2D eigenvalue weighted by molar-refractivity contribution is 5.02. The maximum Gasteiger partial charge on any atom is 0.390 e. The second-order valence-electron chi connectivity index (χ2n) is 3.06. The van der Waals surface area contributed by atoms with Gasteiger partial charge in [0.1, 0.15) is 0 Å². The first-order valence-electron chi connectivity index (χ1n) is 4.59. The summed E-state index contributed by atoms with van der Waals surface area (Å²) < 4.78 is 36.7. The highest BCUT2D eigenvalue weighted by Crippen LogP contribution is 2.28.